The summed E-state index contributed by atoms with van der Waals surface area (Å²) in [5, 5.41) is 6.66. The molecule has 0 fully saturated rings. The molecule has 0 spiro atoms. The van der Waals surface area contributed by atoms with Crippen LogP contribution in [0.1, 0.15) is 39.2 Å². The molecule has 0 unspecified atom stereocenters. The predicted molar refractivity (Wildman–Crippen MR) is 84.3 cm³/mol. The maximum atomic E-state index is 5.55. The average Bonchev–Trinajstić information content (AvgIpc) is 2.42. The second-order valence-electron chi connectivity index (χ2n) is 5.37. The van der Waals surface area contributed by atoms with Gasteiger partial charge < -0.3 is 15.4 Å². The molecule has 0 bridgehead atoms. The van der Waals surface area contributed by atoms with Crippen LogP contribution in [-0.4, -0.2) is 36.3 Å². The van der Waals surface area contributed by atoms with Gasteiger partial charge in [0.1, 0.15) is 18.0 Å². The first kappa shape index (κ1) is 16.7. The molecule has 5 heteroatoms. The van der Waals surface area contributed by atoms with Crippen molar-refractivity contribution in [1.82, 2.24) is 9.97 Å². The van der Waals surface area contributed by atoms with E-state index in [1.807, 2.05) is 6.92 Å². The highest BCUT2D eigenvalue weighted by molar-refractivity contribution is 5.56. The molecule has 0 aliphatic rings. The summed E-state index contributed by atoms with van der Waals surface area (Å²) in [6.07, 6.45) is 3.66. The first-order valence-corrected chi connectivity index (χ1v) is 7.52. The number of hydrogen-bond acceptors (Lipinski definition) is 5. The second kappa shape index (κ2) is 9.53. The van der Waals surface area contributed by atoms with Gasteiger partial charge in [-0.15, -0.1) is 0 Å². The molecule has 0 atom stereocenters. The van der Waals surface area contributed by atoms with E-state index in [0.717, 1.165) is 56.3 Å². The summed E-state index contributed by atoms with van der Waals surface area (Å²) in [5.74, 6) is 2.42. The van der Waals surface area contributed by atoms with Gasteiger partial charge in [0, 0.05) is 31.9 Å². The van der Waals surface area contributed by atoms with Crippen LogP contribution in [0, 0.1) is 12.8 Å². The molecule has 0 aliphatic heterocycles. The van der Waals surface area contributed by atoms with E-state index < -0.39 is 0 Å². The van der Waals surface area contributed by atoms with E-state index in [9.17, 15) is 0 Å². The van der Waals surface area contributed by atoms with Crippen molar-refractivity contribution in [3.63, 3.8) is 0 Å². The normalized spacial score (nSPS) is 10.8. The predicted octanol–water partition coefficient (Wildman–Crippen LogP) is 3.08. The van der Waals surface area contributed by atoms with Crippen LogP contribution in [0.4, 0.5) is 11.6 Å². The van der Waals surface area contributed by atoms with E-state index in [1.165, 1.54) is 0 Å². The van der Waals surface area contributed by atoms with Gasteiger partial charge in [0.2, 0.25) is 0 Å². The second-order valence-corrected chi connectivity index (χ2v) is 5.37. The van der Waals surface area contributed by atoms with E-state index in [-0.39, 0.29) is 0 Å². The highest BCUT2D eigenvalue weighted by Crippen LogP contribution is 2.17. The van der Waals surface area contributed by atoms with Crippen LogP contribution in [0.5, 0.6) is 0 Å². The first-order chi connectivity index (χ1) is 9.65. The highest BCUT2D eigenvalue weighted by atomic mass is 16.5. The number of ether oxygens (including phenoxy) is 1. The number of anilines is 2. The molecule has 0 radical (unpaired) electrons. The molecule has 20 heavy (non-hydrogen) atoms. The Labute approximate surface area is 122 Å². The smallest absolute Gasteiger partial charge is 0.134 e. The Kier molecular flexibility index (Phi) is 7.95. The Morgan fingerprint density at radius 1 is 1.15 bits per heavy atom. The lowest BCUT2D eigenvalue weighted by Gasteiger charge is -2.12. The Balaban J connectivity index is 2.32. The van der Waals surface area contributed by atoms with E-state index in [1.54, 1.807) is 6.33 Å². The zero-order valence-electron chi connectivity index (χ0n) is 13.2. The van der Waals surface area contributed by atoms with E-state index in [2.05, 4.69) is 41.4 Å². The van der Waals surface area contributed by atoms with Gasteiger partial charge in [-0.1, -0.05) is 20.8 Å². The van der Waals surface area contributed by atoms with Crippen LogP contribution in [0.15, 0.2) is 6.33 Å². The van der Waals surface area contributed by atoms with Gasteiger partial charge in [-0.3, -0.25) is 0 Å². The molecule has 1 aromatic heterocycles. The molecule has 2 N–H and O–H groups in total. The average molecular weight is 280 g/mol. The van der Waals surface area contributed by atoms with Crippen molar-refractivity contribution in [1.29, 1.82) is 0 Å². The van der Waals surface area contributed by atoms with Gasteiger partial charge >= 0.3 is 0 Å². The zero-order valence-corrected chi connectivity index (χ0v) is 13.2. The lowest BCUT2D eigenvalue weighted by atomic mass is 10.2. The maximum Gasteiger partial charge on any atom is 0.134 e. The number of nitrogens with zero attached hydrogens (tertiary/aromatic N) is 2. The standard InChI is InChI=1S/C15H28N4O/c1-5-7-16-14-13(4)15(19-11-18-14)17-8-6-9-20-10-12(2)3/h11-12H,5-10H2,1-4H3,(H2,16,17,18,19). The van der Waals surface area contributed by atoms with E-state index >= 15 is 0 Å². The molecule has 0 aromatic carbocycles. The van der Waals surface area contributed by atoms with Crippen molar-refractivity contribution < 1.29 is 4.74 Å². The third-order valence-corrected chi connectivity index (χ3v) is 2.84. The van der Waals surface area contributed by atoms with Crippen LogP contribution in [-0.2, 0) is 4.74 Å². The van der Waals surface area contributed by atoms with E-state index in [0.29, 0.717) is 5.92 Å². The third kappa shape index (κ3) is 6.19. The van der Waals surface area contributed by atoms with Crippen molar-refractivity contribution >= 4 is 11.6 Å². The van der Waals surface area contributed by atoms with Gasteiger partial charge in [-0.25, -0.2) is 9.97 Å². The first-order valence-electron chi connectivity index (χ1n) is 7.52. The molecule has 5 nitrogen and oxygen atoms in total. The molecule has 114 valence electrons. The summed E-state index contributed by atoms with van der Waals surface area (Å²) in [5.41, 5.74) is 1.07. The summed E-state index contributed by atoms with van der Waals surface area (Å²) in [4.78, 5) is 8.56. The Hall–Kier alpha value is -1.36. The zero-order chi connectivity index (χ0) is 14.8. The van der Waals surface area contributed by atoms with Crippen molar-refractivity contribution in [3.05, 3.63) is 11.9 Å². The topological polar surface area (TPSA) is 59.1 Å². The minimum absolute atomic E-state index is 0.597. The number of aromatic nitrogens is 2. The van der Waals surface area contributed by atoms with Gasteiger partial charge in [-0.05, 0) is 25.7 Å². The Morgan fingerprint density at radius 3 is 2.40 bits per heavy atom. The highest BCUT2D eigenvalue weighted by Gasteiger charge is 2.05. The summed E-state index contributed by atoms with van der Waals surface area (Å²) < 4.78 is 5.55. The molecule has 0 amide bonds. The fourth-order valence-corrected chi connectivity index (χ4v) is 1.75. The van der Waals surface area contributed by atoms with Gasteiger partial charge in [0.15, 0.2) is 0 Å². The quantitative estimate of drug-likeness (QED) is 0.645. The van der Waals surface area contributed by atoms with Gasteiger partial charge in [-0.2, -0.15) is 0 Å². The van der Waals surface area contributed by atoms with Crippen LogP contribution in [0.25, 0.3) is 0 Å². The Bertz CT molecular complexity index is 382. The Morgan fingerprint density at radius 2 is 1.80 bits per heavy atom. The molecule has 0 saturated carbocycles. The summed E-state index contributed by atoms with van der Waals surface area (Å²) in [6, 6.07) is 0. The minimum Gasteiger partial charge on any atom is -0.381 e. The van der Waals surface area contributed by atoms with Crippen LogP contribution >= 0.6 is 0 Å². The molecular formula is C15H28N4O. The summed E-state index contributed by atoms with van der Waals surface area (Å²) in [7, 11) is 0. The van der Waals surface area contributed by atoms with Crippen LogP contribution in [0.2, 0.25) is 0 Å². The lowest BCUT2D eigenvalue weighted by molar-refractivity contribution is 0.110. The molecular weight excluding hydrogens is 252 g/mol. The number of rotatable bonds is 10. The van der Waals surface area contributed by atoms with E-state index in [4.69, 9.17) is 4.74 Å². The summed E-state index contributed by atoms with van der Waals surface area (Å²) >= 11 is 0. The van der Waals surface area contributed by atoms with Gasteiger partial charge in [0.05, 0.1) is 0 Å². The van der Waals surface area contributed by atoms with Crippen molar-refractivity contribution in [2.45, 2.75) is 40.5 Å². The van der Waals surface area contributed by atoms with Crippen LogP contribution < -0.4 is 10.6 Å². The SMILES string of the molecule is CCCNc1ncnc(NCCCOCC(C)C)c1C. The molecule has 0 saturated heterocycles. The molecule has 1 rings (SSSR count). The van der Waals surface area contributed by atoms with Crippen molar-refractivity contribution in [2.75, 3.05) is 36.9 Å². The minimum atomic E-state index is 0.597. The number of hydrogen-bond donors (Lipinski definition) is 2. The van der Waals surface area contributed by atoms with Gasteiger partial charge in [0.25, 0.3) is 0 Å². The fraction of sp³-hybridized carbons (Fsp3) is 0.733. The largest absolute Gasteiger partial charge is 0.381 e. The molecule has 1 aromatic rings. The van der Waals surface area contributed by atoms with Crippen LogP contribution in [0.3, 0.4) is 0 Å². The third-order valence-electron chi connectivity index (χ3n) is 2.84. The number of nitrogens with one attached hydrogen (secondary N) is 2. The maximum absolute atomic E-state index is 5.55. The lowest BCUT2D eigenvalue weighted by Crippen LogP contribution is -2.12. The summed E-state index contributed by atoms with van der Waals surface area (Å²) in [6.45, 7) is 11.9. The monoisotopic (exact) mass is 280 g/mol. The van der Waals surface area contributed by atoms with Crippen molar-refractivity contribution in [2.24, 2.45) is 5.92 Å². The molecule has 1 heterocycles. The van der Waals surface area contributed by atoms with Crippen molar-refractivity contribution in [3.8, 4) is 0 Å². The molecule has 0 aliphatic carbocycles. The fourth-order valence-electron chi connectivity index (χ4n) is 1.75.